The number of esters is 4. The van der Waals surface area contributed by atoms with Gasteiger partial charge in [-0.05, 0) is 77.3 Å². The highest BCUT2D eigenvalue weighted by atomic mass is 32.2. The number of carbonyl (C=O) groups excluding carboxylic acids is 6. The van der Waals surface area contributed by atoms with Crippen LogP contribution >= 0.6 is 0 Å². The van der Waals surface area contributed by atoms with E-state index in [1.54, 1.807) is 57.2 Å². The monoisotopic (exact) mass is 1020 g/mol. The summed E-state index contributed by atoms with van der Waals surface area (Å²) in [4.78, 5) is 87.1. The molecule has 22 heteroatoms. The number of benzene rings is 2. The van der Waals surface area contributed by atoms with Gasteiger partial charge in [-0.1, -0.05) is 62.4 Å². The average Bonchev–Trinajstić information content (AvgIpc) is 3.54. The van der Waals surface area contributed by atoms with Crippen molar-refractivity contribution in [1.29, 1.82) is 0 Å². The van der Waals surface area contributed by atoms with E-state index in [4.69, 9.17) is 37.3 Å². The Morgan fingerprint density at radius 3 is 1.97 bits per heavy atom. The van der Waals surface area contributed by atoms with Crippen LogP contribution in [0.4, 0.5) is 18.0 Å². The minimum absolute atomic E-state index is 0.0175. The molecule has 71 heavy (non-hydrogen) atoms. The minimum atomic E-state index is -6.57. The molecule has 2 heterocycles. The summed E-state index contributed by atoms with van der Waals surface area (Å²) in [5.41, 5.74) is -18.1. The third-order valence-corrected chi connectivity index (χ3v) is 15.5. The Balaban J connectivity index is 1.47. The topological polar surface area (TPSA) is 234 Å². The Kier molecular flexibility index (Phi) is 13.5. The van der Waals surface area contributed by atoms with Crippen LogP contribution in [0.3, 0.4) is 0 Å². The molecule has 2 saturated carbocycles. The summed E-state index contributed by atoms with van der Waals surface area (Å²) in [6.07, 6.45) is -14.1. The smallest absolute Gasteiger partial charge is 0.456 e. The number of nitrogens with zero attached hydrogens (tertiary/aromatic N) is 1. The molecule has 0 aromatic heterocycles. The van der Waals surface area contributed by atoms with Gasteiger partial charge in [0.2, 0.25) is 0 Å². The van der Waals surface area contributed by atoms with Crippen LogP contribution in [0, 0.1) is 16.7 Å². The second-order valence-corrected chi connectivity index (χ2v) is 22.4. The number of amides is 1. The summed E-state index contributed by atoms with van der Waals surface area (Å²) in [5, 5.41) is 13.9. The van der Waals surface area contributed by atoms with Crippen molar-refractivity contribution in [3.63, 3.8) is 0 Å². The number of ketones is 1. The van der Waals surface area contributed by atoms with Gasteiger partial charge in [0.15, 0.2) is 23.6 Å². The van der Waals surface area contributed by atoms with Gasteiger partial charge < -0.3 is 38.3 Å². The minimum Gasteiger partial charge on any atom is -0.456 e. The number of carbonyl (C=O) groups is 6. The summed E-state index contributed by atoms with van der Waals surface area (Å²) in [6, 6.07) is 14.4. The first-order valence-electron chi connectivity index (χ1n) is 22.8. The normalized spacial score (nSPS) is 33.2. The lowest BCUT2D eigenvalue weighted by atomic mass is 9.44. The number of Topliss-reactive ketones (excluding diaryl/α,β-unsaturated/α-hetero) is 1. The first-order valence-corrected chi connectivity index (χ1v) is 24.2. The number of alkyl halides is 3. The molecule has 388 valence electrons. The zero-order valence-electron chi connectivity index (χ0n) is 41.0. The fraction of sp³-hybridized carbons (Fsp3) is 0.592. The summed E-state index contributed by atoms with van der Waals surface area (Å²) in [6.45, 7) is 14.5. The van der Waals surface area contributed by atoms with Crippen LogP contribution in [0.25, 0.3) is 0 Å². The predicted molar refractivity (Wildman–Crippen MR) is 239 cm³/mol. The fourth-order valence-electron chi connectivity index (χ4n) is 11.2. The number of halogens is 3. The maximum absolute atomic E-state index is 15.9. The zero-order chi connectivity index (χ0) is 52.8. The molecule has 0 spiro atoms. The van der Waals surface area contributed by atoms with Gasteiger partial charge in [0.1, 0.15) is 41.3 Å². The van der Waals surface area contributed by atoms with Crippen LogP contribution in [0.5, 0.6) is 0 Å². The Labute approximate surface area is 408 Å². The van der Waals surface area contributed by atoms with Crippen LogP contribution in [-0.2, 0) is 66.6 Å². The number of rotatable bonds is 9. The molecule has 18 nitrogen and oxygen atoms in total. The predicted octanol–water partition coefficient (Wildman–Crippen LogP) is 6.19. The third-order valence-electron chi connectivity index (χ3n) is 14.5. The molecule has 2 aliphatic heterocycles. The second kappa shape index (κ2) is 18.0. The maximum atomic E-state index is 15.9. The second-order valence-electron chi connectivity index (χ2n) is 20.8. The Morgan fingerprint density at radius 2 is 1.45 bits per heavy atom. The van der Waals surface area contributed by atoms with E-state index >= 15 is 4.79 Å². The zero-order valence-corrected chi connectivity index (χ0v) is 41.8. The number of ether oxygens (including phenoxy) is 7. The molecule has 11 atom stereocenters. The molecule has 3 aliphatic carbocycles. The number of aliphatic hydroxyl groups is 1. The number of fused-ring (bicyclic) bond motifs is 5. The average molecular weight is 1020 g/mol. The molecule has 0 radical (unpaired) electrons. The van der Waals surface area contributed by atoms with E-state index in [0.717, 1.165) is 20.8 Å². The molecule has 2 saturated heterocycles. The van der Waals surface area contributed by atoms with Crippen molar-refractivity contribution >= 4 is 45.9 Å². The maximum Gasteiger partial charge on any atom is 0.523 e. The molecule has 2 bridgehead atoms. The van der Waals surface area contributed by atoms with Crippen molar-refractivity contribution < 1.29 is 92.8 Å². The summed E-state index contributed by atoms with van der Waals surface area (Å²) in [5.74, 6) is -7.81. The lowest BCUT2D eigenvalue weighted by Crippen LogP contribution is -2.82. The SMILES string of the molecule is CC(=O)O[C@H]1C(=O)[C@]2(C)[C@@H](OS(=O)(=O)C(F)(F)F)C[C@H]3OC[C@@]3(OC(C)=O)[C@H]2[C@H](OC(=O)c2ccccc2)[C@]2(O)C[C@H](OC(=O)[C@@H]3OC(C)(C)N(C(=O)OC(C)(C)C)[C@H]3c3ccccc3)C(C)=C1C2(C)C. The van der Waals surface area contributed by atoms with Gasteiger partial charge in [-0.3, -0.25) is 23.5 Å². The van der Waals surface area contributed by atoms with Crippen LogP contribution in [-0.4, -0.2) is 125 Å². The highest BCUT2D eigenvalue weighted by Gasteiger charge is 2.79. The van der Waals surface area contributed by atoms with Gasteiger partial charge in [0.05, 0.1) is 29.6 Å². The molecule has 1 N–H and O–H groups in total. The first kappa shape index (κ1) is 53.4. The van der Waals surface area contributed by atoms with Gasteiger partial charge in [-0.15, -0.1) is 0 Å². The van der Waals surface area contributed by atoms with Gasteiger partial charge in [0, 0.05) is 32.1 Å². The molecule has 4 fully saturated rings. The van der Waals surface area contributed by atoms with Crippen molar-refractivity contribution in [2.24, 2.45) is 16.7 Å². The Morgan fingerprint density at radius 1 is 0.859 bits per heavy atom. The van der Waals surface area contributed by atoms with Crippen LogP contribution in [0.1, 0.15) is 111 Å². The molecule has 7 rings (SSSR count). The van der Waals surface area contributed by atoms with Gasteiger partial charge in [-0.25, -0.2) is 14.4 Å². The largest absolute Gasteiger partial charge is 0.523 e. The van der Waals surface area contributed by atoms with E-state index in [0.29, 0.717) is 5.56 Å². The number of hydrogen-bond donors (Lipinski definition) is 1. The van der Waals surface area contributed by atoms with Crippen molar-refractivity contribution in [3.8, 4) is 0 Å². The van der Waals surface area contributed by atoms with E-state index < -0.39 is 153 Å². The molecule has 0 unspecified atom stereocenters. The first-order chi connectivity index (χ1) is 32.6. The van der Waals surface area contributed by atoms with Crippen molar-refractivity contribution in [1.82, 2.24) is 4.90 Å². The van der Waals surface area contributed by atoms with Crippen molar-refractivity contribution in [2.75, 3.05) is 6.61 Å². The van der Waals surface area contributed by atoms with E-state index in [-0.39, 0.29) is 16.7 Å². The molecule has 2 aromatic rings. The molecule has 5 aliphatic rings. The number of hydrogen-bond acceptors (Lipinski definition) is 17. The van der Waals surface area contributed by atoms with Crippen molar-refractivity contribution in [2.45, 2.75) is 160 Å². The fourth-order valence-corrected chi connectivity index (χ4v) is 11.9. The molecule has 2 aromatic carbocycles. The van der Waals surface area contributed by atoms with Crippen LogP contribution in [0.2, 0.25) is 0 Å². The quantitative estimate of drug-likeness (QED) is 0.0969. The standard InChI is InChI=1S/C49H58F3NO17S/c1-25-30(65-41(58)36-34(28-18-14-12-15-19-28)53(45(9,10)68-36)42(59)69-43(4,5)6)23-48(60)39(66-40(57)29-20-16-13-17-21-29)37-46(11,38(56)35(64-26(2)54)33(25)44(48,7)8)31(70-71(61,62)49(50,51)52)22-32-47(37,24-63-32)67-27(3)55/h12-21,30-32,34-37,39,60H,22-24H2,1-11H3/t30-,31-,32+,34-,35+,36+,37-,39-,46+,47-,48+/m0/s1. The lowest BCUT2D eigenvalue weighted by Gasteiger charge is -2.67. The molecular formula is C49H58F3NO17S. The Hall–Kier alpha value is -5.42. The van der Waals surface area contributed by atoms with E-state index in [1.165, 1.54) is 63.8 Å². The van der Waals surface area contributed by atoms with Crippen molar-refractivity contribution in [3.05, 3.63) is 82.9 Å². The van der Waals surface area contributed by atoms with Gasteiger partial charge >= 0.3 is 45.6 Å². The Bertz CT molecular complexity index is 2630. The lowest BCUT2D eigenvalue weighted by molar-refractivity contribution is -0.344. The summed E-state index contributed by atoms with van der Waals surface area (Å²) in [7, 11) is -6.57. The van der Waals surface area contributed by atoms with Gasteiger partial charge in [0.25, 0.3) is 0 Å². The highest BCUT2D eigenvalue weighted by Crippen LogP contribution is 2.65. The summed E-state index contributed by atoms with van der Waals surface area (Å²) >= 11 is 0. The van der Waals surface area contributed by atoms with E-state index in [1.807, 2.05) is 0 Å². The van der Waals surface area contributed by atoms with Gasteiger partial charge in [-0.2, -0.15) is 21.6 Å². The van der Waals surface area contributed by atoms with Crippen LogP contribution < -0.4 is 0 Å². The molecular weight excluding hydrogens is 964 g/mol. The summed E-state index contributed by atoms with van der Waals surface area (Å²) < 4.78 is 116. The van der Waals surface area contributed by atoms with Crippen LogP contribution in [0.15, 0.2) is 71.8 Å². The third kappa shape index (κ3) is 9.01. The van der Waals surface area contributed by atoms with E-state index in [2.05, 4.69) is 0 Å². The highest BCUT2D eigenvalue weighted by molar-refractivity contribution is 7.87. The van der Waals surface area contributed by atoms with E-state index in [9.17, 15) is 50.7 Å². The molecule has 1 amide bonds.